The SMILES string of the molecule is Cc1ncc([N+](=O)[O-])n1CCN1CCC(C)(C(=O)O)CC1. The lowest BCUT2D eigenvalue weighted by molar-refractivity contribution is -0.392. The van der Waals surface area contributed by atoms with Crippen LogP contribution in [0.15, 0.2) is 6.20 Å². The number of hydrogen-bond acceptors (Lipinski definition) is 5. The summed E-state index contributed by atoms with van der Waals surface area (Å²) < 4.78 is 1.59. The number of aromatic nitrogens is 2. The van der Waals surface area contributed by atoms with Gasteiger partial charge in [0.05, 0.1) is 5.41 Å². The van der Waals surface area contributed by atoms with Crippen molar-refractivity contribution in [2.24, 2.45) is 5.41 Å². The molecule has 0 amide bonds. The molecule has 1 aliphatic rings. The average molecular weight is 296 g/mol. The molecular formula is C13H20N4O4. The Hall–Kier alpha value is -1.96. The third kappa shape index (κ3) is 3.21. The fraction of sp³-hybridized carbons (Fsp3) is 0.692. The third-order valence-electron chi connectivity index (χ3n) is 4.34. The van der Waals surface area contributed by atoms with Crippen molar-refractivity contribution in [1.29, 1.82) is 0 Å². The number of piperidine rings is 1. The zero-order valence-electron chi connectivity index (χ0n) is 12.3. The maximum Gasteiger partial charge on any atom is 0.342 e. The lowest BCUT2D eigenvalue weighted by Gasteiger charge is -2.36. The maximum absolute atomic E-state index is 11.2. The third-order valence-corrected chi connectivity index (χ3v) is 4.34. The minimum absolute atomic E-state index is 0.000108. The Morgan fingerprint density at radius 2 is 2.10 bits per heavy atom. The van der Waals surface area contributed by atoms with Gasteiger partial charge in [-0.15, -0.1) is 0 Å². The van der Waals surface area contributed by atoms with Crippen molar-refractivity contribution in [2.75, 3.05) is 19.6 Å². The van der Waals surface area contributed by atoms with E-state index < -0.39 is 16.3 Å². The number of rotatable bonds is 5. The van der Waals surface area contributed by atoms with E-state index in [9.17, 15) is 20.0 Å². The molecule has 8 heteroatoms. The highest BCUT2D eigenvalue weighted by molar-refractivity contribution is 5.74. The van der Waals surface area contributed by atoms with Crippen molar-refractivity contribution in [3.8, 4) is 0 Å². The molecule has 1 aromatic heterocycles. The Kier molecular flexibility index (Phi) is 4.26. The Balaban J connectivity index is 1.92. The molecule has 0 aliphatic carbocycles. The van der Waals surface area contributed by atoms with Crippen LogP contribution in [-0.2, 0) is 11.3 Å². The topological polar surface area (TPSA) is 102 Å². The second kappa shape index (κ2) is 5.80. The van der Waals surface area contributed by atoms with Crippen LogP contribution in [0.3, 0.4) is 0 Å². The molecule has 0 atom stereocenters. The van der Waals surface area contributed by atoms with Gasteiger partial charge in [-0.2, -0.15) is 0 Å². The predicted octanol–water partition coefficient (Wildman–Crippen LogP) is 1.29. The zero-order chi connectivity index (χ0) is 15.6. The molecule has 1 N–H and O–H groups in total. The molecule has 2 heterocycles. The van der Waals surface area contributed by atoms with Crippen molar-refractivity contribution in [1.82, 2.24) is 14.5 Å². The Morgan fingerprint density at radius 1 is 1.48 bits per heavy atom. The summed E-state index contributed by atoms with van der Waals surface area (Å²) >= 11 is 0. The van der Waals surface area contributed by atoms with Crippen molar-refractivity contribution < 1.29 is 14.8 Å². The summed E-state index contributed by atoms with van der Waals surface area (Å²) in [5.74, 6) is -0.128. The Morgan fingerprint density at radius 3 is 2.62 bits per heavy atom. The second-order valence-corrected chi connectivity index (χ2v) is 5.78. The van der Waals surface area contributed by atoms with E-state index in [2.05, 4.69) is 9.88 Å². The molecule has 1 fully saturated rings. The monoisotopic (exact) mass is 296 g/mol. The smallest absolute Gasteiger partial charge is 0.342 e. The maximum atomic E-state index is 11.2. The van der Waals surface area contributed by atoms with Gasteiger partial charge >= 0.3 is 11.8 Å². The number of likely N-dealkylation sites (tertiary alicyclic amines) is 1. The largest absolute Gasteiger partial charge is 0.481 e. The van der Waals surface area contributed by atoms with Crippen LogP contribution >= 0.6 is 0 Å². The summed E-state index contributed by atoms with van der Waals surface area (Å²) in [5, 5.41) is 20.1. The first-order valence-corrected chi connectivity index (χ1v) is 6.96. The van der Waals surface area contributed by atoms with Crippen LogP contribution in [0.2, 0.25) is 0 Å². The molecular weight excluding hydrogens is 276 g/mol. The number of nitro groups is 1. The molecule has 1 aromatic rings. The molecule has 0 saturated carbocycles. The van der Waals surface area contributed by atoms with Gasteiger partial charge in [0.1, 0.15) is 12.7 Å². The predicted molar refractivity (Wildman–Crippen MR) is 75.0 cm³/mol. The summed E-state index contributed by atoms with van der Waals surface area (Å²) in [5.41, 5.74) is -0.645. The van der Waals surface area contributed by atoms with E-state index in [0.717, 1.165) is 0 Å². The van der Waals surface area contributed by atoms with Gasteiger partial charge in [-0.05, 0) is 37.8 Å². The number of aliphatic carboxylic acids is 1. The van der Waals surface area contributed by atoms with E-state index in [4.69, 9.17) is 0 Å². The fourth-order valence-electron chi connectivity index (χ4n) is 2.60. The number of carbonyl (C=O) groups is 1. The lowest BCUT2D eigenvalue weighted by Crippen LogP contribution is -2.43. The zero-order valence-corrected chi connectivity index (χ0v) is 12.3. The van der Waals surface area contributed by atoms with Gasteiger partial charge in [-0.3, -0.25) is 9.69 Å². The normalized spacial score (nSPS) is 18.6. The van der Waals surface area contributed by atoms with Gasteiger partial charge in [-0.25, -0.2) is 9.55 Å². The summed E-state index contributed by atoms with van der Waals surface area (Å²) in [7, 11) is 0. The van der Waals surface area contributed by atoms with E-state index in [1.165, 1.54) is 6.20 Å². The molecule has 0 spiro atoms. The number of carboxylic acids is 1. The summed E-state index contributed by atoms with van der Waals surface area (Å²) in [6.07, 6.45) is 2.48. The highest BCUT2D eigenvalue weighted by Gasteiger charge is 2.36. The highest BCUT2D eigenvalue weighted by atomic mass is 16.6. The van der Waals surface area contributed by atoms with Gasteiger partial charge in [0.15, 0.2) is 5.82 Å². The lowest BCUT2D eigenvalue weighted by atomic mass is 9.80. The van der Waals surface area contributed by atoms with Gasteiger partial charge in [-0.1, -0.05) is 0 Å². The number of carboxylic acid groups (broad SMARTS) is 1. The number of nitrogens with zero attached hydrogens (tertiary/aromatic N) is 4. The Labute approximate surface area is 122 Å². The van der Waals surface area contributed by atoms with Crippen LogP contribution in [-0.4, -0.2) is 50.1 Å². The minimum Gasteiger partial charge on any atom is -0.481 e. The van der Waals surface area contributed by atoms with Crippen LogP contribution in [0.5, 0.6) is 0 Å². The van der Waals surface area contributed by atoms with Crippen molar-refractivity contribution in [3.05, 3.63) is 22.1 Å². The van der Waals surface area contributed by atoms with Crippen LogP contribution in [0.4, 0.5) is 5.82 Å². The van der Waals surface area contributed by atoms with Crippen molar-refractivity contribution in [2.45, 2.75) is 33.2 Å². The summed E-state index contributed by atoms with van der Waals surface area (Å²) in [6.45, 7) is 6.07. The number of aryl methyl sites for hydroxylation is 1. The summed E-state index contributed by atoms with van der Waals surface area (Å²) in [6, 6.07) is 0. The summed E-state index contributed by atoms with van der Waals surface area (Å²) in [4.78, 5) is 27.8. The van der Waals surface area contributed by atoms with Gasteiger partial charge in [0, 0.05) is 13.5 Å². The molecule has 116 valence electrons. The van der Waals surface area contributed by atoms with E-state index in [1.54, 1.807) is 18.4 Å². The van der Waals surface area contributed by atoms with E-state index in [0.29, 0.717) is 44.8 Å². The van der Waals surface area contributed by atoms with Crippen LogP contribution in [0, 0.1) is 22.5 Å². The molecule has 0 radical (unpaired) electrons. The Bertz CT molecular complexity index is 546. The number of hydrogen-bond donors (Lipinski definition) is 1. The molecule has 2 rings (SSSR count). The fourth-order valence-corrected chi connectivity index (χ4v) is 2.60. The molecule has 1 saturated heterocycles. The van der Waals surface area contributed by atoms with Crippen molar-refractivity contribution >= 4 is 11.8 Å². The molecule has 0 aromatic carbocycles. The molecule has 1 aliphatic heterocycles. The standard InChI is InChI=1S/C13H20N4O4/c1-10-14-9-11(17(20)21)16(10)8-7-15-5-3-13(2,4-6-15)12(18)19/h9H,3-8H2,1-2H3,(H,18,19). The van der Waals surface area contributed by atoms with Gasteiger partial charge < -0.3 is 15.2 Å². The average Bonchev–Trinajstić information content (AvgIpc) is 2.79. The van der Waals surface area contributed by atoms with E-state index in [1.807, 2.05) is 0 Å². The van der Waals surface area contributed by atoms with Crippen LogP contribution in [0.25, 0.3) is 0 Å². The molecule has 8 nitrogen and oxygen atoms in total. The first-order valence-electron chi connectivity index (χ1n) is 6.96. The van der Waals surface area contributed by atoms with E-state index in [-0.39, 0.29) is 5.82 Å². The van der Waals surface area contributed by atoms with Crippen LogP contribution < -0.4 is 0 Å². The van der Waals surface area contributed by atoms with Crippen molar-refractivity contribution in [3.63, 3.8) is 0 Å². The van der Waals surface area contributed by atoms with E-state index >= 15 is 0 Å². The van der Waals surface area contributed by atoms with Crippen LogP contribution in [0.1, 0.15) is 25.6 Å². The highest BCUT2D eigenvalue weighted by Crippen LogP contribution is 2.31. The van der Waals surface area contributed by atoms with Gasteiger partial charge in [0.25, 0.3) is 0 Å². The minimum atomic E-state index is -0.747. The first kappa shape index (κ1) is 15.4. The second-order valence-electron chi connectivity index (χ2n) is 5.78. The van der Waals surface area contributed by atoms with Gasteiger partial charge in [0.2, 0.25) is 0 Å². The molecule has 21 heavy (non-hydrogen) atoms. The molecule has 0 unspecified atom stereocenters. The first-order chi connectivity index (χ1) is 9.83. The number of imidazole rings is 1. The molecule has 0 bridgehead atoms. The quantitative estimate of drug-likeness (QED) is 0.649.